The largest absolute Gasteiger partial charge is 0.507 e. The Bertz CT molecular complexity index is 1990. The van der Waals surface area contributed by atoms with E-state index < -0.39 is 40.3 Å². The molecule has 4 N–H and O–H groups in total. The molecule has 0 aliphatic carbocycles. The number of carbonyl (C=O) groups excluding carboxylic acids is 1. The van der Waals surface area contributed by atoms with Crippen molar-refractivity contribution in [3.05, 3.63) is 93.6 Å². The molecule has 0 fully saturated rings. The van der Waals surface area contributed by atoms with Gasteiger partial charge in [-0.3, -0.25) is 9.59 Å². The first-order chi connectivity index (χ1) is 21.7. The fraction of sp³-hybridized carbons (Fsp3) is 0.176. The molecule has 1 aliphatic rings. The van der Waals surface area contributed by atoms with Gasteiger partial charge in [0.1, 0.15) is 28.2 Å². The Kier molecular flexibility index (Phi) is 7.59. The fourth-order valence-electron chi connectivity index (χ4n) is 5.42. The van der Waals surface area contributed by atoms with Gasteiger partial charge in [-0.1, -0.05) is 18.2 Å². The summed E-state index contributed by atoms with van der Waals surface area (Å²) in [6.07, 6.45) is 0.467. The molecule has 230 valence electrons. The van der Waals surface area contributed by atoms with Crippen LogP contribution in [-0.4, -0.2) is 47.2 Å². The summed E-state index contributed by atoms with van der Waals surface area (Å²) in [5.74, 6) is -2.27. The summed E-state index contributed by atoms with van der Waals surface area (Å²) >= 11 is 0. The zero-order valence-corrected chi connectivity index (χ0v) is 24.2. The lowest BCUT2D eigenvalue weighted by Gasteiger charge is -2.26. The van der Waals surface area contributed by atoms with Crippen LogP contribution < -0.4 is 24.4 Å². The number of aromatic hydroxyl groups is 4. The van der Waals surface area contributed by atoms with Crippen molar-refractivity contribution < 1.29 is 48.6 Å². The number of benzene rings is 4. The van der Waals surface area contributed by atoms with Gasteiger partial charge in [0.2, 0.25) is 11.2 Å². The Morgan fingerprint density at radius 2 is 1.60 bits per heavy atom. The monoisotopic (exact) mass is 612 g/mol. The van der Waals surface area contributed by atoms with Crippen molar-refractivity contribution in [2.75, 3.05) is 20.8 Å². The second-order valence-electron chi connectivity index (χ2n) is 10.4. The maximum Gasteiger partial charge on any atom is 0.312 e. The lowest BCUT2D eigenvalue weighted by Crippen LogP contribution is -2.22. The number of hydrogen-bond acceptors (Lipinski definition) is 11. The lowest BCUT2D eigenvalue weighted by molar-refractivity contribution is -0.135. The second kappa shape index (κ2) is 11.7. The Balaban J connectivity index is 1.44. The molecule has 1 atom stereocenters. The van der Waals surface area contributed by atoms with Crippen molar-refractivity contribution in [1.29, 1.82) is 0 Å². The Hall–Kier alpha value is -5.84. The van der Waals surface area contributed by atoms with Crippen LogP contribution in [-0.2, 0) is 11.2 Å². The summed E-state index contributed by atoms with van der Waals surface area (Å²) in [4.78, 5) is 26.1. The molecule has 0 saturated heterocycles. The highest BCUT2D eigenvalue weighted by atomic mass is 16.5. The number of carbonyl (C=O) groups is 1. The Labute approximate surface area is 256 Å². The second-order valence-corrected chi connectivity index (χ2v) is 10.4. The average Bonchev–Trinajstić information content (AvgIpc) is 3.03. The molecule has 1 aliphatic heterocycles. The quantitative estimate of drug-likeness (QED) is 0.101. The summed E-state index contributed by atoms with van der Waals surface area (Å²) < 4.78 is 28.4. The predicted molar refractivity (Wildman–Crippen MR) is 162 cm³/mol. The fourth-order valence-corrected chi connectivity index (χ4v) is 5.42. The summed E-state index contributed by atoms with van der Waals surface area (Å²) in [5.41, 5.74) is 0.966. The van der Waals surface area contributed by atoms with Gasteiger partial charge >= 0.3 is 5.97 Å². The van der Waals surface area contributed by atoms with E-state index >= 15 is 0 Å². The maximum absolute atomic E-state index is 13.4. The van der Waals surface area contributed by atoms with Crippen molar-refractivity contribution in [2.45, 2.75) is 18.8 Å². The molecule has 0 saturated carbocycles. The van der Waals surface area contributed by atoms with Crippen LogP contribution >= 0.6 is 0 Å². The van der Waals surface area contributed by atoms with Gasteiger partial charge in [0.25, 0.3) is 0 Å². The number of fused-ring (bicyclic) bond motifs is 3. The first-order valence-electron chi connectivity index (χ1n) is 13.9. The standard InChI is InChI=1S/C34H28O11/c1-41-20-7-3-17(4-8-20)11-12-43-26-14-18(6-10-25(26)42-2)21-15-28(38)44-27-16-24(37)30-31(39)32(40)33(45-34(30)29(21)27)19-5-9-22(35)23(36)13-19/h3-10,13-14,16,21,35-37,40H,11-12,15H2,1-2H3/t21-/m0/s1. The third-order valence-electron chi connectivity index (χ3n) is 7.70. The lowest BCUT2D eigenvalue weighted by atomic mass is 9.85. The minimum Gasteiger partial charge on any atom is -0.507 e. The van der Waals surface area contributed by atoms with Crippen LogP contribution in [0, 0.1) is 0 Å². The minimum atomic E-state index is -0.938. The van der Waals surface area contributed by atoms with Crippen molar-refractivity contribution in [1.82, 2.24) is 0 Å². The van der Waals surface area contributed by atoms with Gasteiger partial charge in [-0.25, -0.2) is 0 Å². The zero-order valence-electron chi connectivity index (χ0n) is 24.2. The summed E-state index contributed by atoms with van der Waals surface area (Å²) in [6.45, 7) is 0.323. The number of esters is 1. The molecule has 4 aromatic carbocycles. The van der Waals surface area contributed by atoms with Crippen molar-refractivity contribution in [2.24, 2.45) is 0 Å². The zero-order chi connectivity index (χ0) is 31.8. The van der Waals surface area contributed by atoms with E-state index in [1.54, 1.807) is 25.3 Å². The molecule has 2 heterocycles. The molecule has 6 rings (SSSR count). The maximum atomic E-state index is 13.4. The summed E-state index contributed by atoms with van der Waals surface area (Å²) in [7, 11) is 3.11. The molecule has 11 nitrogen and oxygen atoms in total. The van der Waals surface area contributed by atoms with E-state index in [1.165, 1.54) is 19.2 Å². The van der Waals surface area contributed by atoms with Crippen molar-refractivity contribution >= 4 is 16.9 Å². The van der Waals surface area contributed by atoms with Crippen molar-refractivity contribution in [3.63, 3.8) is 0 Å². The van der Waals surface area contributed by atoms with Crippen LogP contribution in [0.25, 0.3) is 22.3 Å². The average molecular weight is 613 g/mol. The molecular weight excluding hydrogens is 584 g/mol. The minimum absolute atomic E-state index is 0.0209. The Morgan fingerprint density at radius 1 is 0.822 bits per heavy atom. The van der Waals surface area contributed by atoms with Gasteiger partial charge in [-0.2, -0.15) is 0 Å². The normalized spacial score (nSPS) is 14.1. The van der Waals surface area contributed by atoms with Gasteiger partial charge in [-0.15, -0.1) is 0 Å². The summed E-state index contributed by atoms with van der Waals surface area (Å²) in [6, 6.07) is 17.6. The molecule has 11 heteroatoms. The van der Waals surface area contributed by atoms with E-state index in [1.807, 2.05) is 24.3 Å². The van der Waals surface area contributed by atoms with Gasteiger partial charge < -0.3 is 43.8 Å². The molecule has 0 bridgehead atoms. The summed E-state index contributed by atoms with van der Waals surface area (Å²) in [5, 5.41) is 41.0. The smallest absolute Gasteiger partial charge is 0.312 e. The first kappa shape index (κ1) is 29.2. The highest BCUT2D eigenvalue weighted by Crippen LogP contribution is 2.48. The van der Waals surface area contributed by atoms with Crippen molar-refractivity contribution in [3.8, 4) is 57.3 Å². The molecular formula is C34H28O11. The van der Waals surface area contributed by atoms with Crippen LogP contribution in [0.2, 0.25) is 0 Å². The van der Waals surface area contributed by atoms with E-state index in [0.717, 1.165) is 23.4 Å². The number of phenols is 3. The molecule has 0 radical (unpaired) electrons. The molecule has 0 spiro atoms. The first-order valence-corrected chi connectivity index (χ1v) is 13.9. The molecule has 0 amide bonds. The van der Waals surface area contributed by atoms with Gasteiger partial charge in [-0.05, 0) is 53.6 Å². The van der Waals surface area contributed by atoms with Crippen LogP contribution in [0.5, 0.6) is 46.0 Å². The van der Waals surface area contributed by atoms with Gasteiger partial charge in [0, 0.05) is 29.5 Å². The number of rotatable bonds is 8. The topological polar surface area (TPSA) is 165 Å². The number of phenolic OH excluding ortho intramolecular Hbond substituents is 3. The van der Waals surface area contributed by atoms with Crippen LogP contribution in [0.1, 0.15) is 29.0 Å². The SMILES string of the molecule is COc1ccc(CCOc2cc([C@@H]3CC(=O)Oc4cc(O)c5c(=O)c(O)c(-c6ccc(O)c(O)c6)oc5c43)ccc2OC)cc1. The van der Waals surface area contributed by atoms with Crippen LogP contribution in [0.3, 0.4) is 0 Å². The van der Waals surface area contributed by atoms with Crippen LogP contribution in [0.4, 0.5) is 0 Å². The van der Waals surface area contributed by atoms with Crippen LogP contribution in [0.15, 0.2) is 75.9 Å². The van der Waals surface area contributed by atoms with Gasteiger partial charge in [0.05, 0.1) is 27.2 Å². The van der Waals surface area contributed by atoms with E-state index in [0.29, 0.717) is 30.1 Å². The highest BCUT2D eigenvalue weighted by Gasteiger charge is 2.35. The van der Waals surface area contributed by atoms with E-state index in [-0.39, 0.29) is 40.0 Å². The molecule has 1 aromatic heterocycles. The third kappa shape index (κ3) is 5.40. The third-order valence-corrected chi connectivity index (χ3v) is 7.70. The molecule has 5 aromatic rings. The number of hydrogen-bond donors (Lipinski definition) is 4. The van der Waals surface area contributed by atoms with Gasteiger partial charge in [0.15, 0.2) is 28.8 Å². The predicted octanol–water partition coefficient (Wildman–Crippen LogP) is 5.36. The Morgan fingerprint density at radius 3 is 2.31 bits per heavy atom. The highest BCUT2D eigenvalue weighted by molar-refractivity contribution is 5.94. The van der Waals surface area contributed by atoms with E-state index in [9.17, 15) is 30.0 Å². The molecule has 0 unspecified atom stereocenters. The number of ether oxygens (including phenoxy) is 4. The molecule has 45 heavy (non-hydrogen) atoms. The number of methoxy groups -OCH3 is 2. The van der Waals surface area contributed by atoms with E-state index in [4.69, 9.17) is 23.4 Å². The van der Waals surface area contributed by atoms with E-state index in [2.05, 4.69) is 0 Å².